The lowest BCUT2D eigenvalue weighted by atomic mass is 10.1. The quantitative estimate of drug-likeness (QED) is 0.0982. The molecule has 15 nitrogen and oxygen atoms in total. The number of rotatable bonds is 16. The first kappa shape index (κ1) is 28.7. The van der Waals surface area contributed by atoms with Gasteiger partial charge >= 0.3 is 11.9 Å². The fourth-order valence-corrected chi connectivity index (χ4v) is 2.44. The number of amides is 4. The van der Waals surface area contributed by atoms with Gasteiger partial charge in [-0.15, -0.1) is 0 Å². The van der Waals surface area contributed by atoms with E-state index in [1.807, 2.05) is 10.6 Å². The van der Waals surface area contributed by atoms with E-state index in [9.17, 15) is 28.8 Å². The van der Waals surface area contributed by atoms with E-state index >= 15 is 0 Å². The van der Waals surface area contributed by atoms with E-state index in [-0.39, 0.29) is 6.42 Å². The number of hydrogen-bond donors (Lipinski definition) is 9. The van der Waals surface area contributed by atoms with Gasteiger partial charge in [-0.25, -0.2) is 4.79 Å². The second-order valence-corrected chi connectivity index (χ2v) is 6.86. The highest BCUT2D eigenvalue weighted by molar-refractivity contribution is 5.97. The van der Waals surface area contributed by atoms with Crippen molar-refractivity contribution in [1.29, 1.82) is 0 Å². The molecule has 0 saturated carbocycles. The summed E-state index contributed by atoms with van der Waals surface area (Å²) in [6.45, 7) is -0.593. The van der Waals surface area contributed by atoms with Crippen LogP contribution in [0.1, 0.15) is 32.1 Å². The van der Waals surface area contributed by atoms with Crippen molar-refractivity contribution in [3.8, 4) is 0 Å². The van der Waals surface area contributed by atoms with Crippen molar-refractivity contribution in [2.24, 2.45) is 17.2 Å². The van der Waals surface area contributed by atoms with Gasteiger partial charge in [0.15, 0.2) is 0 Å². The number of carbonyl (C=O) groups excluding carboxylic acids is 4. The molecule has 0 bridgehead atoms. The van der Waals surface area contributed by atoms with Crippen LogP contribution in [-0.4, -0.2) is 88.2 Å². The Bertz CT molecular complexity index is 702. The van der Waals surface area contributed by atoms with E-state index in [1.54, 1.807) is 0 Å². The number of hydrogen-bond acceptors (Lipinski definition) is 9. The average molecular weight is 462 g/mol. The Morgan fingerprint density at radius 1 is 0.781 bits per heavy atom. The summed E-state index contributed by atoms with van der Waals surface area (Å²) in [4.78, 5) is 70.3. The van der Waals surface area contributed by atoms with Crippen molar-refractivity contribution in [3.63, 3.8) is 0 Å². The van der Waals surface area contributed by atoms with Crippen molar-refractivity contribution in [2.75, 3.05) is 13.2 Å². The monoisotopic (exact) mass is 462 g/mol. The van der Waals surface area contributed by atoms with Crippen LogP contribution in [0.4, 0.5) is 0 Å². The molecule has 0 aromatic rings. The molecule has 0 aliphatic carbocycles. The number of unbranched alkanes of at least 4 members (excludes halogenated alkanes) is 1. The largest absolute Gasteiger partial charge is 0.481 e. The molecule has 0 fully saturated rings. The first-order chi connectivity index (χ1) is 14.9. The van der Waals surface area contributed by atoms with E-state index < -0.39 is 79.2 Å². The van der Waals surface area contributed by atoms with Gasteiger partial charge in [-0.1, -0.05) is 6.42 Å². The van der Waals surface area contributed by atoms with Crippen LogP contribution < -0.4 is 33.2 Å². The topological polar surface area (TPSA) is 277 Å². The molecule has 4 unspecified atom stereocenters. The minimum absolute atomic E-state index is 0.246. The molecule has 4 atom stereocenters. The van der Waals surface area contributed by atoms with Gasteiger partial charge in [-0.2, -0.15) is 0 Å². The molecule has 32 heavy (non-hydrogen) atoms. The third-order valence-electron chi connectivity index (χ3n) is 4.15. The molecule has 4 amide bonds. The second-order valence-electron chi connectivity index (χ2n) is 6.86. The number of nitrogens with two attached hydrogens (primary N) is 3. The predicted molar refractivity (Wildman–Crippen MR) is 107 cm³/mol. The highest BCUT2D eigenvalue weighted by Crippen LogP contribution is 2.02. The summed E-state index contributed by atoms with van der Waals surface area (Å²) in [6.07, 6.45) is -0.235. The number of carboxylic acid groups (broad SMARTS) is 2. The number of aliphatic hydroxyl groups excluding tert-OH is 1. The minimum atomic E-state index is -1.78. The van der Waals surface area contributed by atoms with Crippen LogP contribution in [0.5, 0.6) is 0 Å². The summed E-state index contributed by atoms with van der Waals surface area (Å²) < 4.78 is 0. The first-order valence-corrected chi connectivity index (χ1v) is 9.63. The van der Waals surface area contributed by atoms with E-state index in [1.165, 1.54) is 0 Å². The molecule has 0 radical (unpaired) electrons. The fourth-order valence-electron chi connectivity index (χ4n) is 2.44. The molecule has 15 heteroatoms. The lowest BCUT2D eigenvalue weighted by Gasteiger charge is -2.23. The molecule has 0 heterocycles. The van der Waals surface area contributed by atoms with Crippen molar-refractivity contribution < 1.29 is 44.1 Å². The lowest BCUT2D eigenvalue weighted by molar-refractivity contribution is -0.144. The highest BCUT2D eigenvalue weighted by atomic mass is 16.4. The smallest absolute Gasteiger partial charge is 0.328 e. The van der Waals surface area contributed by atoms with Crippen LogP contribution in [0.2, 0.25) is 0 Å². The SMILES string of the molecule is NCCCCC(N)C(=O)NC(CC(N)=O)C(=O)NC(CC(=O)O)C(=O)NC(CO)C(=O)O. The number of aliphatic carboxylic acids is 2. The zero-order chi connectivity index (χ0) is 24.8. The van der Waals surface area contributed by atoms with E-state index in [0.29, 0.717) is 19.4 Å². The number of primary amides is 1. The van der Waals surface area contributed by atoms with Crippen LogP contribution in [-0.2, 0) is 28.8 Å². The molecule has 0 aromatic carbocycles. The van der Waals surface area contributed by atoms with Crippen molar-refractivity contribution in [2.45, 2.75) is 56.3 Å². The maximum atomic E-state index is 12.6. The molecular formula is C17H30N6O9. The van der Waals surface area contributed by atoms with Gasteiger partial charge in [0.25, 0.3) is 0 Å². The summed E-state index contributed by atoms with van der Waals surface area (Å²) in [5.41, 5.74) is 16.2. The van der Waals surface area contributed by atoms with Crippen molar-refractivity contribution >= 4 is 35.6 Å². The number of nitrogens with one attached hydrogen (secondary N) is 3. The number of carbonyl (C=O) groups is 6. The number of aliphatic hydroxyl groups is 1. The van der Waals surface area contributed by atoms with Crippen LogP contribution in [0.15, 0.2) is 0 Å². The molecule has 0 aliphatic heterocycles. The zero-order valence-electron chi connectivity index (χ0n) is 17.3. The van der Waals surface area contributed by atoms with Gasteiger partial charge in [-0.3, -0.25) is 24.0 Å². The Hall–Kier alpha value is -3.30. The zero-order valence-corrected chi connectivity index (χ0v) is 17.3. The molecule has 0 spiro atoms. The Balaban J connectivity index is 5.37. The standard InChI is InChI=1S/C17H30N6O9/c18-4-2-1-3-8(19)14(28)21-9(5-12(20)25)15(29)22-10(6-13(26)27)16(30)23-11(7-24)17(31)32/h8-11,24H,1-7,18-19H2,(H2,20,25)(H,21,28)(H,22,29)(H,23,30)(H,26,27)(H,31,32). The normalized spacial score (nSPS) is 14.3. The third-order valence-corrected chi connectivity index (χ3v) is 4.15. The third kappa shape index (κ3) is 11.2. The maximum absolute atomic E-state index is 12.6. The lowest BCUT2D eigenvalue weighted by Crippen LogP contribution is -2.58. The van der Waals surface area contributed by atoms with Crippen LogP contribution in [0.3, 0.4) is 0 Å². The van der Waals surface area contributed by atoms with E-state index in [4.69, 9.17) is 32.5 Å². The van der Waals surface area contributed by atoms with Gasteiger partial charge in [0.2, 0.25) is 23.6 Å². The fraction of sp³-hybridized carbons (Fsp3) is 0.647. The van der Waals surface area contributed by atoms with Crippen LogP contribution >= 0.6 is 0 Å². The van der Waals surface area contributed by atoms with Gasteiger partial charge in [0, 0.05) is 0 Å². The Labute approximate surface area is 183 Å². The first-order valence-electron chi connectivity index (χ1n) is 9.63. The average Bonchev–Trinajstić information content (AvgIpc) is 2.69. The summed E-state index contributed by atoms with van der Waals surface area (Å²) in [5, 5.41) is 33.0. The van der Waals surface area contributed by atoms with Crippen molar-refractivity contribution in [1.82, 2.24) is 16.0 Å². The molecular weight excluding hydrogens is 432 g/mol. The summed E-state index contributed by atoms with van der Waals surface area (Å²) in [7, 11) is 0. The molecule has 12 N–H and O–H groups in total. The molecule has 0 rings (SSSR count). The molecule has 0 aromatic heterocycles. The number of carboxylic acids is 2. The summed E-state index contributed by atoms with van der Waals surface area (Å²) >= 11 is 0. The molecule has 182 valence electrons. The van der Waals surface area contributed by atoms with Crippen LogP contribution in [0.25, 0.3) is 0 Å². The van der Waals surface area contributed by atoms with Gasteiger partial charge in [-0.05, 0) is 19.4 Å². The minimum Gasteiger partial charge on any atom is -0.481 e. The van der Waals surface area contributed by atoms with E-state index in [0.717, 1.165) is 0 Å². The van der Waals surface area contributed by atoms with Gasteiger partial charge in [0.05, 0.1) is 25.5 Å². The Morgan fingerprint density at radius 3 is 1.72 bits per heavy atom. The molecule has 0 aliphatic rings. The second kappa shape index (κ2) is 14.7. The van der Waals surface area contributed by atoms with Crippen LogP contribution in [0, 0.1) is 0 Å². The maximum Gasteiger partial charge on any atom is 0.328 e. The Kier molecular flexibility index (Phi) is 13.1. The van der Waals surface area contributed by atoms with Crippen molar-refractivity contribution in [3.05, 3.63) is 0 Å². The van der Waals surface area contributed by atoms with E-state index in [2.05, 4.69) is 5.32 Å². The highest BCUT2D eigenvalue weighted by Gasteiger charge is 2.32. The van der Waals surface area contributed by atoms with Gasteiger partial charge in [0.1, 0.15) is 18.1 Å². The van der Waals surface area contributed by atoms with Gasteiger partial charge < -0.3 is 48.5 Å². The Morgan fingerprint density at radius 2 is 1.28 bits per heavy atom. The summed E-state index contributed by atoms with van der Waals surface area (Å²) in [6, 6.07) is -6.12. The summed E-state index contributed by atoms with van der Waals surface area (Å²) in [5.74, 6) is -7.21. The predicted octanol–water partition coefficient (Wildman–Crippen LogP) is -4.68. The molecule has 0 saturated heterocycles.